The molecule has 0 aromatic heterocycles. The molecule has 0 unspecified atom stereocenters. The molecule has 0 amide bonds. The summed E-state index contributed by atoms with van der Waals surface area (Å²) >= 11 is 0. The minimum atomic E-state index is -0.868. The summed E-state index contributed by atoms with van der Waals surface area (Å²) in [5, 5.41) is 0. The van der Waals surface area contributed by atoms with Gasteiger partial charge in [0, 0.05) is 0 Å². The molecule has 0 aliphatic rings. The fraction of sp³-hybridized carbons (Fsp3) is 0. The Morgan fingerprint density at radius 2 is 0.739 bits per heavy atom. The summed E-state index contributed by atoms with van der Waals surface area (Å²) in [5.74, 6) is 2.04. The predicted octanol–water partition coefficient (Wildman–Crippen LogP) is 1.32. The van der Waals surface area contributed by atoms with E-state index in [2.05, 4.69) is 0 Å². The molecule has 3 aromatic rings. The molecule has 0 heterocycles. The first-order valence-electron chi connectivity index (χ1n) is 7.05. The molecule has 0 saturated carbocycles. The first kappa shape index (κ1) is 17.1. The molecular formula is C18H16BLiO3. The fourth-order valence-corrected chi connectivity index (χ4v) is 1.90. The summed E-state index contributed by atoms with van der Waals surface area (Å²) in [5.41, 5.74) is 0. The molecule has 0 bridgehead atoms. The Labute approximate surface area is 150 Å². The molecule has 3 nitrogen and oxygen atoms in total. The normalized spacial score (nSPS) is 9.39. The summed E-state index contributed by atoms with van der Waals surface area (Å²) in [6.07, 6.45) is 0. The molecule has 3 rings (SSSR count). The van der Waals surface area contributed by atoms with Crippen LogP contribution in [0.5, 0.6) is 17.2 Å². The van der Waals surface area contributed by atoms with Gasteiger partial charge in [0.25, 0.3) is 0 Å². The second-order valence-electron chi connectivity index (χ2n) is 4.58. The number of benzene rings is 3. The zero-order valence-corrected chi connectivity index (χ0v) is 13.0. The van der Waals surface area contributed by atoms with Crippen molar-refractivity contribution in [3.8, 4) is 17.2 Å². The quantitative estimate of drug-likeness (QED) is 0.643. The van der Waals surface area contributed by atoms with Crippen molar-refractivity contribution in [1.29, 1.82) is 0 Å². The Bertz CT molecular complexity index is 588. The molecule has 0 N–H and O–H groups in total. The smallest absolute Gasteiger partial charge is 1.00 e. The van der Waals surface area contributed by atoms with Gasteiger partial charge in [-0.25, -0.2) is 0 Å². The first-order chi connectivity index (χ1) is 10.9. The second-order valence-corrected chi connectivity index (χ2v) is 4.58. The zero-order valence-electron chi connectivity index (χ0n) is 14.0. The molecule has 0 radical (unpaired) electrons. The van der Waals surface area contributed by atoms with E-state index in [0.717, 1.165) is 0 Å². The molecular weight excluding hydrogens is 282 g/mol. The van der Waals surface area contributed by atoms with Crippen LogP contribution in [0.25, 0.3) is 0 Å². The van der Waals surface area contributed by atoms with Crippen LogP contribution >= 0.6 is 0 Å². The second kappa shape index (κ2) is 9.00. The van der Waals surface area contributed by atoms with Crippen molar-refractivity contribution in [2.75, 3.05) is 0 Å². The minimum Gasteiger partial charge on any atom is -1.00 e. The van der Waals surface area contributed by atoms with Gasteiger partial charge in [0.1, 0.15) is 17.2 Å². The monoisotopic (exact) mass is 298 g/mol. The van der Waals surface area contributed by atoms with E-state index in [9.17, 15) is 0 Å². The van der Waals surface area contributed by atoms with Crippen LogP contribution in [0.4, 0.5) is 0 Å². The van der Waals surface area contributed by atoms with E-state index in [4.69, 9.17) is 14.0 Å². The first-order valence-corrected chi connectivity index (χ1v) is 7.05. The van der Waals surface area contributed by atoms with E-state index in [1.165, 1.54) is 0 Å². The summed E-state index contributed by atoms with van der Waals surface area (Å²) < 4.78 is 17.3. The Balaban J connectivity index is 0.00000144. The summed E-state index contributed by atoms with van der Waals surface area (Å²) in [6.45, 7) is 0. The van der Waals surface area contributed by atoms with E-state index in [1.54, 1.807) is 0 Å². The van der Waals surface area contributed by atoms with Crippen LogP contribution in [-0.2, 0) is 0 Å². The maximum absolute atomic E-state index is 5.78. The third-order valence-corrected chi connectivity index (χ3v) is 2.93. The number of hydrogen-bond donors (Lipinski definition) is 0. The molecule has 110 valence electrons. The molecule has 3 aromatic carbocycles. The van der Waals surface area contributed by atoms with Crippen LogP contribution in [0, 0.1) is 0 Å². The Kier molecular flexibility index (Phi) is 6.68. The molecule has 0 aliphatic heterocycles. The maximum Gasteiger partial charge on any atom is 1.00 e. The van der Waals surface area contributed by atoms with Gasteiger partial charge in [0.2, 0.25) is 0 Å². The number of hydrogen-bond acceptors (Lipinski definition) is 3. The third-order valence-electron chi connectivity index (χ3n) is 2.93. The molecule has 0 atom stereocenters. The Morgan fingerprint density at radius 1 is 0.478 bits per heavy atom. The third kappa shape index (κ3) is 5.45. The van der Waals surface area contributed by atoms with Crippen molar-refractivity contribution in [3.63, 3.8) is 0 Å². The van der Waals surface area contributed by atoms with Gasteiger partial charge in [-0.15, -0.1) is 0 Å². The van der Waals surface area contributed by atoms with Gasteiger partial charge in [-0.05, 0) is 36.4 Å². The van der Waals surface area contributed by atoms with E-state index in [-0.39, 0.29) is 20.3 Å². The van der Waals surface area contributed by atoms with Crippen molar-refractivity contribution in [2.24, 2.45) is 0 Å². The Morgan fingerprint density at radius 3 is 1.00 bits per heavy atom. The van der Waals surface area contributed by atoms with Gasteiger partial charge in [0.15, 0.2) is 0 Å². The Hall–Kier alpha value is -2.28. The van der Waals surface area contributed by atoms with Crippen LogP contribution < -0.4 is 32.8 Å². The van der Waals surface area contributed by atoms with Gasteiger partial charge in [0.05, 0.1) is 0 Å². The van der Waals surface area contributed by atoms with Crippen molar-refractivity contribution < 1.29 is 34.3 Å². The summed E-state index contributed by atoms with van der Waals surface area (Å²) in [4.78, 5) is 0. The van der Waals surface area contributed by atoms with E-state index in [0.29, 0.717) is 17.2 Å². The SMILES string of the molecule is [H-].[Li+].c1ccc(OB(Oc2ccccc2)Oc2ccccc2)cc1. The van der Waals surface area contributed by atoms with Crippen LogP contribution in [0.3, 0.4) is 0 Å². The maximum atomic E-state index is 5.78. The van der Waals surface area contributed by atoms with Crippen molar-refractivity contribution in [3.05, 3.63) is 91.0 Å². The topological polar surface area (TPSA) is 27.7 Å². The van der Waals surface area contributed by atoms with Crippen molar-refractivity contribution in [1.82, 2.24) is 0 Å². The van der Waals surface area contributed by atoms with Crippen molar-refractivity contribution >= 4 is 7.32 Å². The van der Waals surface area contributed by atoms with Gasteiger partial charge in [-0.2, -0.15) is 0 Å². The number of para-hydroxylation sites is 3. The van der Waals surface area contributed by atoms with Crippen LogP contribution in [-0.4, -0.2) is 7.32 Å². The molecule has 0 fully saturated rings. The summed E-state index contributed by atoms with van der Waals surface area (Å²) in [7, 11) is -0.868. The van der Waals surface area contributed by atoms with E-state index >= 15 is 0 Å². The number of rotatable bonds is 6. The summed E-state index contributed by atoms with van der Waals surface area (Å²) in [6, 6.07) is 28.3. The van der Waals surface area contributed by atoms with Crippen LogP contribution in [0.15, 0.2) is 91.0 Å². The van der Waals surface area contributed by atoms with Gasteiger partial charge in [-0.3, -0.25) is 0 Å². The van der Waals surface area contributed by atoms with Crippen LogP contribution in [0.2, 0.25) is 0 Å². The molecule has 5 heteroatoms. The molecule has 23 heavy (non-hydrogen) atoms. The standard InChI is InChI=1S/C18H15BO3.Li.H/c1-4-10-16(11-5-1)20-19(21-17-12-6-2-7-13-17)22-18-14-8-3-9-15-18;;/h1-15H;;/q;+1;-1. The van der Waals surface area contributed by atoms with Crippen LogP contribution in [0.1, 0.15) is 1.43 Å². The van der Waals surface area contributed by atoms with E-state index < -0.39 is 7.32 Å². The molecule has 0 spiro atoms. The average molecular weight is 298 g/mol. The average Bonchev–Trinajstić information content (AvgIpc) is 2.57. The minimum absolute atomic E-state index is 0. The van der Waals surface area contributed by atoms with E-state index in [1.807, 2.05) is 91.0 Å². The largest absolute Gasteiger partial charge is 1.00 e. The molecule has 0 saturated heterocycles. The predicted molar refractivity (Wildman–Crippen MR) is 88.1 cm³/mol. The molecule has 0 aliphatic carbocycles. The van der Waals surface area contributed by atoms with Crippen molar-refractivity contribution in [2.45, 2.75) is 0 Å². The fourth-order valence-electron chi connectivity index (χ4n) is 1.90. The van der Waals surface area contributed by atoms with Gasteiger partial charge in [-0.1, -0.05) is 54.6 Å². The van der Waals surface area contributed by atoms with Gasteiger partial charge < -0.3 is 15.4 Å². The van der Waals surface area contributed by atoms with Gasteiger partial charge >= 0.3 is 26.2 Å². The zero-order chi connectivity index (χ0) is 15.0.